The zero-order valence-corrected chi connectivity index (χ0v) is 22.7. The van der Waals surface area contributed by atoms with Crippen molar-refractivity contribution in [2.45, 2.75) is 87.8 Å². The summed E-state index contributed by atoms with van der Waals surface area (Å²) in [7, 11) is 0. The highest BCUT2D eigenvalue weighted by Gasteiger charge is 2.59. The molecule has 2 aromatic heterocycles. The SMILES string of the molecule is O=C(NCc1cnn2cc(C3(CNC(=O)[C@H]4C[C@@H]4C(F)(F)F)CCC(F)(F)CC3)nc2c1)[C@H](C1CC1)C1CC(F)(F)C1. The van der Waals surface area contributed by atoms with Crippen LogP contribution in [0, 0.1) is 29.6 Å². The molecule has 0 aliphatic heterocycles. The zero-order chi connectivity index (χ0) is 30.1. The summed E-state index contributed by atoms with van der Waals surface area (Å²) < 4.78 is 95.3. The highest BCUT2D eigenvalue weighted by Crippen LogP contribution is 2.53. The smallest absolute Gasteiger partial charge is 0.355 e. The molecule has 2 heterocycles. The number of hydrogen-bond donors (Lipinski definition) is 2. The Bertz CT molecular complexity index is 1350. The largest absolute Gasteiger partial charge is 0.392 e. The summed E-state index contributed by atoms with van der Waals surface area (Å²) in [6.07, 6.45) is -1.46. The van der Waals surface area contributed by atoms with Crippen LogP contribution in [0.3, 0.4) is 0 Å². The van der Waals surface area contributed by atoms with E-state index in [4.69, 9.17) is 0 Å². The number of nitrogens with zero attached hydrogens (tertiary/aromatic N) is 3. The maximum Gasteiger partial charge on any atom is 0.392 e. The van der Waals surface area contributed by atoms with Gasteiger partial charge in [-0.1, -0.05) is 0 Å². The molecule has 4 aliphatic rings. The van der Waals surface area contributed by atoms with Crippen molar-refractivity contribution < 1.29 is 40.3 Å². The maximum atomic E-state index is 14.1. The van der Waals surface area contributed by atoms with Crippen molar-refractivity contribution in [1.29, 1.82) is 0 Å². The van der Waals surface area contributed by atoms with E-state index in [1.165, 1.54) is 10.7 Å². The minimum Gasteiger partial charge on any atom is -0.355 e. The Hall–Kier alpha value is -2.93. The molecule has 2 amide bonds. The summed E-state index contributed by atoms with van der Waals surface area (Å²) in [6, 6.07) is 1.67. The molecule has 6 rings (SSSR count). The molecule has 0 saturated heterocycles. The fourth-order valence-corrected chi connectivity index (χ4v) is 6.66. The highest BCUT2D eigenvalue weighted by atomic mass is 19.4. The van der Waals surface area contributed by atoms with Gasteiger partial charge in [-0.3, -0.25) is 9.59 Å². The summed E-state index contributed by atoms with van der Waals surface area (Å²) in [6.45, 7) is -0.0232. The third-order valence-electron chi connectivity index (χ3n) is 9.54. The molecule has 0 spiro atoms. The number of hydrogen-bond acceptors (Lipinski definition) is 4. The van der Waals surface area contributed by atoms with E-state index in [9.17, 15) is 40.3 Å². The van der Waals surface area contributed by atoms with Crippen LogP contribution in [0.5, 0.6) is 0 Å². The highest BCUT2D eigenvalue weighted by molar-refractivity contribution is 5.82. The van der Waals surface area contributed by atoms with Crippen molar-refractivity contribution in [3.63, 3.8) is 0 Å². The van der Waals surface area contributed by atoms with Gasteiger partial charge >= 0.3 is 6.18 Å². The second kappa shape index (κ2) is 10.1. The van der Waals surface area contributed by atoms with E-state index in [1.54, 1.807) is 12.3 Å². The van der Waals surface area contributed by atoms with Crippen LogP contribution in [0.1, 0.15) is 69.0 Å². The normalized spacial score (nSPS) is 27.2. The van der Waals surface area contributed by atoms with Crippen LogP contribution in [-0.4, -0.2) is 51.0 Å². The van der Waals surface area contributed by atoms with Crippen LogP contribution >= 0.6 is 0 Å². The summed E-state index contributed by atoms with van der Waals surface area (Å²) in [5, 5.41) is 9.73. The number of carbonyl (C=O) groups is 2. The van der Waals surface area contributed by atoms with E-state index in [1.807, 2.05) is 0 Å². The summed E-state index contributed by atoms with van der Waals surface area (Å²) >= 11 is 0. The van der Waals surface area contributed by atoms with Crippen LogP contribution in [0.4, 0.5) is 30.7 Å². The molecule has 4 fully saturated rings. The van der Waals surface area contributed by atoms with Gasteiger partial charge in [-0.15, -0.1) is 0 Å². The summed E-state index contributed by atoms with van der Waals surface area (Å²) in [5.41, 5.74) is 0.363. The Morgan fingerprint density at radius 2 is 1.69 bits per heavy atom. The van der Waals surface area contributed by atoms with Gasteiger partial charge in [0.2, 0.25) is 23.7 Å². The van der Waals surface area contributed by atoms with Gasteiger partial charge in [0, 0.05) is 50.1 Å². The number of alkyl halides is 7. The predicted molar refractivity (Wildman–Crippen MR) is 134 cm³/mol. The molecule has 4 saturated carbocycles. The van der Waals surface area contributed by atoms with Crippen LogP contribution < -0.4 is 10.6 Å². The third kappa shape index (κ3) is 5.95. The lowest BCUT2D eigenvalue weighted by atomic mass is 9.70. The quantitative estimate of drug-likeness (QED) is 0.387. The molecule has 230 valence electrons. The molecule has 7 nitrogen and oxygen atoms in total. The molecule has 0 unspecified atom stereocenters. The number of amides is 2. The number of rotatable bonds is 9. The first-order valence-electron chi connectivity index (χ1n) is 14.4. The number of fused-ring (bicyclic) bond motifs is 1. The lowest BCUT2D eigenvalue weighted by Gasteiger charge is -2.39. The standard InChI is InChI=1S/C28H32F7N5O2/c29-26(30)5-3-25(4-6-26,14-37-23(41)18-8-19(18)28(33,34)35)20-13-40-21(39-20)7-15(12-38-40)11-36-24(42)22(16-1-2-16)17-9-27(31,32)10-17/h7,12-13,16-19,22H,1-6,8-11,14H2,(H,36,42)(H,37,41)/t18-,19-,22+/m0/s1. The van der Waals surface area contributed by atoms with Crippen molar-refractivity contribution in [2.24, 2.45) is 29.6 Å². The van der Waals surface area contributed by atoms with Crippen molar-refractivity contribution in [3.05, 3.63) is 29.7 Å². The number of carbonyl (C=O) groups excluding carboxylic acids is 2. The number of nitrogens with one attached hydrogen (secondary N) is 2. The van der Waals surface area contributed by atoms with Crippen molar-refractivity contribution in [1.82, 2.24) is 25.2 Å². The van der Waals surface area contributed by atoms with Gasteiger partial charge in [0.25, 0.3) is 0 Å². The van der Waals surface area contributed by atoms with Crippen molar-refractivity contribution >= 4 is 17.5 Å². The van der Waals surface area contributed by atoms with Crippen molar-refractivity contribution in [3.8, 4) is 0 Å². The lowest BCUT2D eigenvalue weighted by Crippen LogP contribution is -2.46. The molecule has 2 aromatic rings. The van der Waals surface area contributed by atoms with Gasteiger partial charge in [0.15, 0.2) is 5.65 Å². The topological polar surface area (TPSA) is 88.4 Å². The number of imidazole rings is 1. The minimum atomic E-state index is -4.46. The van der Waals surface area contributed by atoms with Gasteiger partial charge in [-0.05, 0) is 55.6 Å². The molecule has 4 aliphatic carbocycles. The van der Waals surface area contributed by atoms with E-state index in [-0.39, 0.29) is 62.9 Å². The van der Waals surface area contributed by atoms with Gasteiger partial charge < -0.3 is 10.6 Å². The summed E-state index contributed by atoms with van der Waals surface area (Å²) in [5.74, 6) is -10.1. The Kier molecular flexibility index (Phi) is 6.99. The van der Waals surface area contributed by atoms with Gasteiger partial charge in [-0.2, -0.15) is 18.3 Å². The van der Waals surface area contributed by atoms with E-state index < -0.39 is 59.9 Å². The Labute approximate surface area is 237 Å². The van der Waals surface area contributed by atoms with Crippen LogP contribution in [-0.2, 0) is 21.5 Å². The van der Waals surface area contributed by atoms with E-state index in [0.29, 0.717) is 16.9 Å². The second-order valence-corrected chi connectivity index (χ2v) is 12.7. The molecular formula is C28H32F7N5O2. The first-order valence-corrected chi connectivity index (χ1v) is 14.4. The monoisotopic (exact) mass is 603 g/mol. The second-order valence-electron chi connectivity index (χ2n) is 12.7. The molecule has 0 aromatic carbocycles. The Morgan fingerprint density at radius 3 is 2.29 bits per heavy atom. The van der Waals surface area contributed by atoms with E-state index in [0.717, 1.165) is 12.8 Å². The number of aromatic nitrogens is 3. The van der Waals surface area contributed by atoms with Gasteiger partial charge in [0.05, 0.1) is 29.9 Å². The number of halogens is 7. The first-order chi connectivity index (χ1) is 19.6. The molecular weight excluding hydrogens is 571 g/mol. The predicted octanol–water partition coefficient (Wildman–Crippen LogP) is 5.18. The first kappa shape index (κ1) is 29.2. The minimum absolute atomic E-state index is 0.0246. The Balaban J connectivity index is 1.14. The van der Waals surface area contributed by atoms with Gasteiger partial charge in [-0.25, -0.2) is 27.1 Å². The molecule has 42 heavy (non-hydrogen) atoms. The Morgan fingerprint density at radius 1 is 1.00 bits per heavy atom. The fraction of sp³-hybridized carbons (Fsp3) is 0.714. The molecule has 0 radical (unpaired) electrons. The molecule has 0 bridgehead atoms. The molecule has 3 atom stereocenters. The average molecular weight is 604 g/mol. The molecule has 14 heteroatoms. The van der Waals surface area contributed by atoms with Crippen molar-refractivity contribution in [2.75, 3.05) is 6.54 Å². The molecule has 2 N–H and O–H groups in total. The third-order valence-corrected chi connectivity index (χ3v) is 9.54. The van der Waals surface area contributed by atoms with Crippen LogP contribution in [0.2, 0.25) is 0 Å². The fourth-order valence-electron chi connectivity index (χ4n) is 6.66. The van der Waals surface area contributed by atoms with E-state index >= 15 is 0 Å². The zero-order valence-electron chi connectivity index (χ0n) is 22.7. The van der Waals surface area contributed by atoms with Gasteiger partial charge in [0.1, 0.15) is 0 Å². The summed E-state index contributed by atoms with van der Waals surface area (Å²) in [4.78, 5) is 30.0. The van der Waals surface area contributed by atoms with E-state index in [2.05, 4.69) is 20.7 Å². The average Bonchev–Trinajstić information content (AvgIpc) is 3.82. The van der Waals surface area contributed by atoms with Crippen LogP contribution in [0.15, 0.2) is 18.5 Å². The van der Waals surface area contributed by atoms with Crippen LogP contribution in [0.25, 0.3) is 5.65 Å². The lowest BCUT2D eigenvalue weighted by molar-refractivity contribution is -0.155. The maximum absolute atomic E-state index is 14.1.